The van der Waals surface area contributed by atoms with Crippen LogP contribution >= 0.6 is 22.7 Å². The lowest BCUT2D eigenvalue weighted by atomic mass is 10.5. The monoisotopic (exact) mass is 240 g/mol. The quantitative estimate of drug-likeness (QED) is 0.814. The maximum absolute atomic E-state index is 4.20. The number of nitrogens with one attached hydrogen (secondary N) is 1. The third kappa shape index (κ3) is 2.80. The van der Waals surface area contributed by atoms with Crippen LogP contribution < -0.4 is 5.32 Å². The molecule has 2 aromatic rings. The van der Waals surface area contributed by atoms with Gasteiger partial charge in [-0.15, -0.1) is 21.5 Å². The lowest BCUT2D eigenvalue weighted by molar-refractivity contribution is 0.668. The minimum Gasteiger partial charge on any atom is -0.310 e. The molecule has 6 heteroatoms. The van der Waals surface area contributed by atoms with Crippen molar-refractivity contribution in [3.63, 3.8) is 0 Å². The summed E-state index contributed by atoms with van der Waals surface area (Å²) in [6.45, 7) is 3.97. The van der Waals surface area contributed by atoms with Gasteiger partial charge in [0.1, 0.15) is 10.7 Å². The van der Waals surface area contributed by atoms with Crippen LogP contribution in [0.2, 0.25) is 0 Å². The van der Waals surface area contributed by atoms with Crippen LogP contribution in [0.1, 0.15) is 18.4 Å². The molecule has 0 aromatic carbocycles. The van der Waals surface area contributed by atoms with Gasteiger partial charge in [0.05, 0.1) is 5.51 Å². The van der Waals surface area contributed by atoms with Crippen LogP contribution in [0.3, 0.4) is 0 Å². The molecule has 0 fully saturated rings. The second-order valence-electron chi connectivity index (χ2n) is 3.05. The fourth-order valence-corrected chi connectivity index (χ4v) is 2.51. The largest absolute Gasteiger partial charge is 0.310 e. The molecule has 0 saturated carbocycles. The molecule has 2 rings (SSSR count). The first-order chi connectivity index (χ1) is 7.40. The molecule has 2 heterocycles. The summed E-state index contributed by atoms with van der Waals surface area (Å²) in [5, 5.41) is 15.4. The first kappa shape index (κ1) is 10.7. The number of hydrogen-bond acceptors (Lipinski definition) is 6. The van der Waals surface area contributed by atoms with Crippen LogP contribution in [-0.4, -0.2) is 21.7 Å². The molecule has 0 aliphatic carbocycles. The molecular weight excluding hydrogens is 228 g/mol. The average Bonchev–Trinajstić information content (AvgIpc) is 2.87. The van der Waals surface area contributed by atoms with Gasteiger partial charge in [-0.2, -0.15) is 0 Å². The maximum atomic E-state index is 4.20. The third-order valence-electron chi connectivity index (χ3n) is 1.82. The highest BCUT2D eigenvalue weighted by Crippen LogP contribution is 2.22. The van der Waals surface area contributed by atoms with Gasteiger partial charge in [0.25, 0.3) is 0 Å². The van der Waals surface area contributed by atoms with Crippen molar-refractivity contribution in [2.24, 2.45) is 0 Å². The lowest BCUT2D eigenvalue weighted by Crippen LogP contribution is -2.13. The Labute approximate surface area is 96.4 Å². The Morgan fingerprint density at radius 3 is 3.07 bits per heavy atom. The van der Waals surface area contributed by atoms with Crippen LogP contribution in [0.4, 0.5) is 0 Å². The third-order valence-corrected chi connectivity index (χ3v) is 3.35. The van der Waals surface area contributed by atoms with E-state index in [1.165, 1.54) is 0 Å². The fourth-order valence-electron chi connectivity index (χ4n) is 1.12. The number of nitrogens with zero attached hydrogens (tertiary/aromatic N) is 3. The van der Waals surface area contributed by atoms with E-state index in [0.717, 1.165) is 35.2 Å². The molecule has 0 bridgehead atoms. The van der Waals surface area contributed by atoms with E-state index in [2.05, 4.69) is 27.4 Å². The Morgan fingerprint density at radius 1 is 1.40 bits per heavy atom. The van der Waals surface area contributed by atoms with Crippen molar-refractivity contribution < 1.29 is 0 Å². The summed E-state index contributed by atoms with van der Waals surface area (Å²) in [4.78, 5) is 4.20. The molecule has 0 unspecified atom stereocenters. The van der Waals surface area contributed by atoms with Crippen molar-refractivity contribution in [2.75, 3.05) is 6.54 Å². The number of hydrogen-bond donors (Lipinski definition) is 1. The van der Waals surface area contributed by atoms with Crippen LogP contribution in [0.25, 0.3) is 10.7 Å². The SMILES string of the molecule is CCCNCc1nnc(-c2cscn2)s1. The van der Waals surface area contributed by atoms with Crippen LogP contribution in [-0.2, 0) is 6.54 Å². The van der Waals surface area contributed by atoms with Gasteiger partial charge in [0, 0.05) is 11.9 Å². The van der Waals surface area contributed by atoms with Crippen LogP contribution in [0.15, 0.2) is 10.9 Å². The van der Waals surface area contributed by atoms with Crippen LogP contribution in [0.5, 0.6) is 0 Å². The van der Waals surface area contributed by atoms with E-state index in [0.29, 0.717) is 0 Å². The molecule has 0 aliphatic heterocycles. The van der Waals surface area contributed by atoms with Crippen molar-refractivity contribution in [1.82, 2.24) is 20.5 Å². The van der Waals surface area contributed by atoms with Gasteiger partial charge >= 0.3 is 0 Å². The van der Waals surface area contributed by atoms with Crippen molar-refractivity contribution in [3.05, 3.63) is 15.9 Å². The molecule has 0 spiro atoms. The summed E-state index contributed by atoms with van der Waals surface area (Å²) in [6.07, 6.45) is 1.14. The van der Waals surface area contributed by atoms with Gasteiger partial charge in [0.15, 0.2) is 5.01 Å². The number of rotatable bonds is 5. The zero-order chi connectivity index (χ0) is 10.5. The molecule has 4 nitrogen and oxygen atoms in total. The summed E-state index contributed by atoms with van der Waals surface area (Å²) in [6, 6.07) is 0. The summed E-state index contributed by atoms with van der Waals surface area (Å²) >= 11 is 3.18. The molecule has 0 atom stereocenters. The van der Waals surface area contributed by atoms with Gasteiger partial charge in [-0.25, -0.2) is 4.98 Å². The first-order valence-electron chi connectivity index (χ1n) is 4.82. The van der Waals surface area contributed by atoms with E-state index in [1.807, 2.05) is 10.9 Å². The molecule has 1 N–H and O–H groups in total. The molecule has 0 saturated heterocycles. The Balaban J connectivity index is 1.98. The van der Waals surface area contributed by atoms with E-state index in [-0.39, 0.29) is 0 Å². The Hall–Kier alpha value is -0.850. The summed E-state index contributed by atoms with van der Waals surface area (Å²) in [7, 11) is 0. The van der Waals surface area contributed by atoms with Crippen molar-refractivity contribution in [2.45, 2.75) is 19.9 Å². The van der Waals surface area contributed by atoms with Gasteiger partial charge in [-0.1, -0.05) is 18.3 Å². The molecule has 80 valence electrons. The summed E-state index contributed by atoms with van der Waals surface area (Å²) < 4.78 is 0. The van der Waals surface area contributed by atoms with Crippen LogP contribution in [0, 0.1) is 0 Å². The van der Waals surface area contributed by atoms with E-state index >= 15 is 0 Å². The molecule has 15 heavy (non-hydrogen) atoms. The fraction of sp³-hybridized carbons (Fsp3) is 0.444. The Morgan fingerprint density at radius 2 is 2.33 bits per heavy atom. The van der Waals surface area contributed by atoms with Crippen molar-refractivity contribution in [1.29, 1.82) is 0 Å². The predicted molar refractivity (Wildman–Crippen MR) is 63.0 cm³/mol. The number of aromatic nitrogens is 3. The highest BCUT2D eigenvalue weighted by molar-refractivity contribution is 7.15. The smallest absolute Gasteiger partial charge is 0.167 e. The summed E-state index contributed by atoms with van der Waals surface area (Å²) in [5.74, 6) is 0. The van der Waals surface area contributed by atoms with E-state index in [9.17, 15) is 0 Å². The molecule has 2 aromatic heterocycles. The molecular formula is C9H12N4S2. The zero-order valence-corrected chi connectivity index (χ0v) is 10.1. The minimum atomic E-state index is 0.801. The lowest BCUT2D eigenvalue weighted by Gasteiger charge is -1.96. The minimum absolute atomic E-state index is 0.801. The number of thiazole rings is 1. The van der Waals surface area contributed by atoms with E-state index in [1.54, 1.807) is 22.7 Å². The zero-order valence-electron chi connectivity index (χ0n) is 8.43. The second-order valence-corrected chi connectivity index (χ2v) is 4.83. The molecule has 0 radical (unpaired) electrons. The predicted octanol–water partition coefficient (Wildman–Crippen LogP) is 2.16. The van der Waals surface area contributed by atoms with Gasteiger partial charge in [-0.05, 0) is 13.0 Å². The second kappa shape index (κ2) is 5.29. The van der Waals surface area contributed by atoms with Crippen molar-refractivity contribution in [3.8, 4) is 10.7 Å². The topological polar surface area (TPSA) is 50.7 Å². The standard InChI is InChI=1S/C9H12N4S2/c1-2-3-10-4-8-12-13-9(15-8)7-5-14-6-11-7/h5-6,10H,2-4H2,1H3. The van der Waals surface area contributed by atoms with E-state index in [4.69, 9.17) is 0 Å². The highest BCUT2D eigenvalue weighted by atomic mass is 32.1. The first-order valence-corrected chi connectivity index (χ1v) is 6.57. The van der Waals surface area contributed by atoms with Gasteiger partial charge < -0.3 is 5.32 Å². The van der Waals surface area contributed by atoms with Gasteiger partial charge in [0.2, 0.25) is 0 Å². The average molecular weight is 240 g/mol. The normalized spacial score (nSPS) is 10.7. The Bertz CT molecular complexity index is 396. The van der Waals surface area contributed by atoms with Gasteiger partial charge in [-0.3, -0.25) is 0 Å². The Kier molecular flexibility index (Phi) is 3.76. The molecule has 0 amide bonds. The highest BCUT2D eigenvalue weighted by Gasteiger charge is 2.07. The maximum Gasteiger partial charge on any atom is 0.167 e. The van der Waals surface area contributed by atoms with E-state index < -0.39 is 0 Å². The van der Waals surface area contributed by atoms with Crippen molar-refractivity contribution >= 4 is 22.7 Å². The summed E-state index contributed by atoms with van der Waals surface area (Å²) in [5.41, 5.74) is 2.74. The molecule has 0 aliphatic rings.